The van der Waals surface area contributed by atoms with E-state index in [0.717, 1.165) is 11.3 Å². The zero-order chi connectivity index (χ0) is 15.2. The molecule has 0 amide bonds. The Balaban J connectivity index is 1.97. The van der Waals surface area contributed by atoms with Crippen molar-refractivity contribution >= 4 is 17.3 Å². The Morgan fingerprint density at radius 2 is 1.52 bits per heavy atom. The summed E-state index contributed by atoms with van der Waals surface area (Å²) in [6.07, 6.45) is 0.847. The molecule has 0 aliphatic rings. The van der Waals surface area contributed by atoms with Gasteiger partial charge in [0, 0.05) is 31.8 Å². The summed E-state index contributed by atoms with van der Waals surface area (Å²) >= 11 is 0. The lowest BCUT2D eigenvalue weighted by Crippen LogP contribution is -2.15. The molecule has 108 valence electrons. The fourth-order valence-corrected chi connectivity index (χ4v) is 2.09. The van der Waals surface area contributed by atoms with Gasteiger partial charge in [-0.2, -0.15) is 0 Å². The standard InChI is InChI=1S/C18H19NO2/c1-19(2)16-11-9-15(10-12-16)18(21)17(20)13-8-14-6-4-3-5-7-14/h3-7,9-12H,8,13H2,1-2H3. The lowest BCUT2D eigenvalue weighted by Gasteiger charge is -2.12. The number of rotatable bonds is 6. The van der Waals surface area contributed by atoms with Crippen LogP contribution in [0, 0.1) is 0 Å². The molecule has 2 aromatic rings. The van der Waals surface area contributed by atoms with Gasteiger partial charge in [0.1, 0.15) is 0 Å². The topological polar surface area (TPSA) is 37.4 Å². The highest BCUT2D eigenvalue weighted by molar-refractivity contribution is 6.43. The number of carbonyl (C=O) groups excluding carboxylic acids is 2. The molecular formula is C18H19NO2. The largest absolute Gasteiger partial charge is 0.378 e. The number of benzene rings is 2. The van der Waals surface area contributed by atoms with Crippen molar-refractivity contribution < 1.29 is 9.59 Å². The fourth-order valence-electron chi connectivity index (χ4n) is 2.09. The smallest absolute Gasteiger partial charge is 0.228 e. The van der Waals surface area contributed by atoms with E-state index in [4.69, 9.17) is 0 Å². The molecule has 0 fully saturated rings. The number of carbonyl (C=O) groups is 2. The van der Waals surface area contributed by atoms with Gasteiger partial charge in [0.05, 0.1) is 0 Å². The molecule has 0 unspecified atom stereocenters. The second kappa shape index (κ2) is 6.84. The molecule has 3 heteroatoms. The van der Waals surface area contributed by atoms with Gasteiger partial charge in [0.25, 0.3) is 0 Å². The van der Waals surface area contributed by atoms with Crippen LogP contribution in [0.4, 0.5) is 5.69 Å². The third-order valence-electron chi connectivity index (χ3n) is 3.38. The average Bonchev–Trinajstić information content (AvgIpc) is 2.53. The molecule has 0 radical (unpaired) electrons. The summed E-state index contributed by atoms with van der Waals surface area (Å²) in [5.74, 6) is -0.743. The third-order valence-corrected chi connectivity index (χ3v) is 3.38. The Bertz CT molecular complexity index is 615. The van der Waals surface area contributed by atoms with E-state index in [-0.39, 0.29) is 12.2 Å². The summed E-state index contributed by atoms with van der Waals surface area (Å²) in [7, 11) is 3.86. The summed E-state index contributed by atoms with van der Waals surface area (Å²) in [5, 5.41) is 0. The second-order valence-corrected chi connectivity index (χ2v) is 5.18. The number of hydrogen-bond donors (Lipinski definition) is 0. The molecule has 0 N–H and O–H groups in total. The van der Waals surface area contributed by atoms with Gasteiger partial charge in [0.15, 0.2) is 0 Å². The van der Waals surface area contributed by atoms with Crippen molar-refractivity contribution in [1.29, 1.82) is 0 Å². The molecule has 0 heterocycles. The highest BCUT2D eigenvalue weighted by atomic mass is 16.2. The lowest BCUT2D eigenvalue weighted by atomic mass is 10.0. The molecule has 3 nitrogen and oxygen atoms in total. The minimum absolute atomic E-state index is 0.248. The van der Waals surface area contributed by atoms with E-state index in [2.05, 4.69) is 0 Å². The molecule has 2 rings (SSSR count). The van der Waals surface area contributed by atoms with Crippen LogP contribution in [0.15, 0.2) is 54.6 Å². The molecule has 0 atom stereocenters. The predicted molar refractivity (Wildman–Crippen MR) is 84.9 cm³/mol. The van der Waals surface area contributed by atoms with E-state index in [0.29, 0.717) is 12.0 Å². The van der Waals surface area contributed by atoms with Gasteiger partial charge in [-0.05, 0) is 36.2 Å². The second-order valence-electron chi connectivity index (χ2n) is 5.18. The quantitative estimate of drug-likeness (QED) is 0.603. The van der Waals surface area contributed by atoms with Crippen molar-refractivity contribution in [3.05, 3.63) is 65.7 Å². The van der Waals surface area contributed by atoms with Crippen molar-refractivity contribution in [3.63, 3.8) is 0 Å². The van der Waals surface area contributed by atoms with Crippen molar-refractivity contribution in [1.82, 2.24) is 0 Å². The predicted octanol–water partition coefficient (Wildman–Crippen LogP) is 3.14. The number of hydrogen-bond acceptors (Lipinski definition) is 3. The average molecular weight is 281 g/mol. The summed E-state index contributed by atoms with van der Waals surface area (Å²) < 4.78 is 0. The summed E-state index contributed by atoms with van der Waals surface area (Å²) in [5.41, 5.74) is 2.53. The van der Waals surface area contributed by atoms with Crippen molar-refractivity contribution in [2.45, 2.75) is 12.8 Å². The Kier molecular flexibility index (Phi) is 4.88. The normalized spacial score (nSPS) is 10.2. The number of ketones is 2. The molecule has 0 saturated carbocycles. The van der Waals surface area contributed by atoms with Gasteiger partial charge in [-0.1, -0.05) is 30.3 Å². The van der Waals surface area contributed by atoms with E-state index in [9.17, 15) is 9.59 Å². The van der Waals surface area contributed by atoms with Crippen molar-refractivity contribution in [2.24, 2.45) is 0 Å². The van der Waals surface area contributed by atoms with Gasteiger partial charge in [0.2, 0.25) is 11.6 Å². The first-order valence-corrected chi connectivity index (χ1v) is 6.97. The van der Waals surface area contributed by atoms with E-state index in [1.54, 1.807) is 12.1 Å². The van der Waals surface area contributed by atoms with Gasteiger partial charge in [-0.15, -0.1) is 0 Å². The Morgan fingerprint density at radius 3 is 2.10 bits per heavy atom. The van der Waals surface area contributed by atoms with Crippen molar-refractivity contribution in [2.75, 3.05) is 19.0 Å². The van der Waals surface area contributed by atoms with Gasteiger partial charge >= 0.3 is 0 Å². The van der Waals surface area contributed by atoms with E-state index < -0.39 is 5.78 Å². The first-order chi connectivity index (χ1) is 10.1. The number of aryl methyl sites for hydroxylation is 1. The Morgan fingerprint density at radius 1 is 0.905 bits per heavy atom. The highest BCUT2D eigenvalue weighted by Gasteiger charge is 2.15. The van der Waals surface area contributed by atoms with Gasteiger partial charge in [-0.25, -0.2) is 0 Å². The molecule has 0 bridgehead atoms. The number of nitrogens with zero attached hydrogens (tertiary/aromatic N) is 1. The summed E-state index contributed by atoms with van der Waals surface area (Å²) in [6, 6.07) is 16.8. The Hall–Kier alpha value is -2.42. The lowest BCUT2D eigenvalue weighted by molar-refractivity contribution is -0.115. The van der Waals surface area contributed by atoms with Crippen LogP contribution in [0.3, 0.4) is 0 Å². The molecule has 2 aromatic carbocycles. The first-order valence-electron chi connectivity index (χ1n) is 6.97. The maximum absolute atomic E-state index is 12.1. The maximum Gasteiger partial charge on any atom is 0.228 e. The van der Waals surface area contributed by atoms with Crippen LogP contribution in [-0.4, -0.2) is 25.7 Å². The molecule has 0 saturated heterocycles. The summed E-state index contributed by atoms with van der Waals surface area (Å²) in [4.78, 5) is 26.0. The van der Waals surface area contributed by atoms with E-state index in [1.165, 1.54) is 0 Å². The van der Waals surface area contributed by atoms with Crippen LogP contribution < -0.4 is 4.90 Å². The zero-order valence-corrected chi connectivity index (χ0v) is 12.4. The van der Waals surface area contributed by atoms with Gasteiger partial charge < -0.3 is 4.90 Å². The van der Waals surface area contributed by atoms with Crippen LogP contribution in [0.25, 0.3) is 0 Å². The van der Waals surface area contributed by atoms with E-state index in [1.807, 2.05) is 61.5 Å². The number of Topliss-reactive ketones (excluding diaryl/α,β-unsaturated/α-hetero) is 2. The number of anilines is 1. The van der Waals surface area contributed by atoms with Gasteiger partial charge in [-0.3, -0.25) is 9.59 Å². The van der Waals surface area contributed by atoms with Crippen LogP contribution in [-0.2, 0) is 11.2 Å². The molecule has 0 aliphatic carbocycles. The summed E-state index contributed by atoms with van der Waals surface area (Å²) in [6.45, 7) is 0. The van der Waals surface area contributed by atoms with Crippen LogP contribution >= 0.6 is 0 Å². The SMILES string of the molecule is CN(C)c1ccc(C(=O)C(=O)CCc2ccccc2)cc1. The molecule has 0 aromatic heterocycles. The third kappa shape index (κ3) is 4.02. The maximum atomic E-state index is 12.1. The molecule has 0 aliphatic heterocycles. The molecule has 0 spiro atoms. The van der Waals surface area contributed by atoms with Crippen LogP contribution in [0.2, 0.25) is 0 Å². The molecule has 21 heavy (non-hydrogen) atoms. The molecular weight excluding hydrogens is 262 g/mol. The van der Waals surface area contributed by atoms with E-state index >= 15 is 0 Å². The highest BCUT2D eigenvalue weighted by Crippen LogP contribution is 2.14. The first kappa shape index (κ1) is 15.0. The Labute approximate surface area is 125 Å². The van der Waals surface area contributed by atoms with Crippen LogP contribution in [0.1, 0.15) is 22.3 Å². The van der Waals surface area contributed by atoms with Crippen molar-refractivity contribution in [3.8, 4) is 0 Å². The minimum atomic E-state index is -0.406. The zero-order valence-electron chi connectivity index (χ0n) is 12.4. The fraction of sp³-hybridized carbons (Fsp3) is 0.222. The minimum Gasteiger partial charge on any atom is -0.378 e. The monoisotopic (exact) mass is 281 g/mol. The van der Waals surface area contributed by atoms with Crippen LogP contribution in [0.5, 0.6) is 0 Å².